The second-order valence-electron chi connectivity index (χ2n) is 8.14. The smallest absolute Gasteiger partial charge is 0.379 e. The van der Waals surface area contributed by atoms with Gasteiger partial charge in [0.2, 0.25) is 5.76 Å². The number of imide groups is 2. The van der Waals surface area contributed by atoms with Crippen molar-refractivity contribution in [1.29, 1.82) is 0 Å². The van der Waals surface area contributed by atoms with Crippen molar-refractivity contribution in [1.82, 2.24) is 10.2 Å². The first kappa shape index (κ1) is 19.3. The molecule has 3 aliphatic rings. The van der Waals surface area contributed by atoms with Gasteiger partial charge in [-0.05, 0) is 55.4 Å². The van der Waals surface area contributed by atoms with Crippen molar-refractivity contribution in [3.8, 4) is 5.75 Å². The molecule has 5 rings (SSSR count). The van der Waals surface area contributed by atoms with Gasteiger partial charge in [0.15, 0.2) is 0 Å². The molecule has 2 bridgehead atoms. The summed E-state index contributed by atoms with van der Waals surface area (Å²) in [7, 11) is 0. The zero-order chi connectivity index (χ0) is 21.5. The average Bonchev–Trinajstić information content (AvgIpc) is 3.50. The van der Waals surface area contributed by atoms with Gasteiger partial charge in [0.1, 0.15) is 11.3 Å². The number of ether oxygens (including phenoxy) is 1. The van der Waals surface area contributed by atoms with Crippen LogP contribution in [0.25, 0.3) is 6.08 Å². The molecule has 3 fully saturated rings. The fraction of sp³-hybridized carbons (Fsp3) is 0.304. The van der Waals surface area contributed by atoms with Crippen molar-refractivity contribution in [2.45, 2.75) is 31.7 Å². The van der Waals surface area contributed by atoms with Crippen molar-refractivity contribution in [2.24, 2.45) is 11.8 Å². The van der Waals surface area contributed by atoms with Crippen LogP contribution in [0.3, 0.4) is 0 Å². The molecule has 1 saturated heterocycles. The number of fused-ring (bicyclic) bond motifs is 2. The van der Waals surface area contributed by atoms with Crippen molar-refractivity contribution < 1.29 is 28.3 Å². The highest BCUT2D eigenvalue weighted by Gasteiger charge is 2.49. The molecule has 2 heterocycles. The van der Waals surface area contributed by atoms with E-state index in [4.69, 9.17) is 9.15 Å². The Morgan fingerprint density at radius 3 is 2.65 bits per heavy atom. The fourth-order valence-corrected chi connectivity index (χ4v) is 4.89. The van der Waals surface area contributed by atoms with Crippen LogP contribution in [0.1, 0.15) is 41.8 Å². The van der Waals surface area contributed by atoms with Crippen molar-refractivity contribution in [3.05, 3.63) is 59.6 Å². The summed E-state index contributed by atoms with van der Waals surface area (Å²) in [6.45, 7) is 0. The number of nitrogens with one attached hydrogen (secondary N) is 1. The normalized spacial score (nSPS) is 26.5. The number of benzene rings is 1. The minimum Gasteiger partial charge on any atom is -0.457 e. The summed E-state index contributed by atoms with van der Waals surface area (Å²) in [5.41, 5.74) is 0.201. The van der Waals surface area contributed by atoms with E-state index >= 15 is 0 Å². The molecular formula is C23H20N2O6. The molecule has 8 nitrogen and oxygen atoms in total. The molecule has 1 aromatic carbocycles. The Hall–Kier alpha value is -3.68. The topological polar surface area (TPSA) is 106 Å². The number of esters is 1. The predicted octanol–water partition coefficient (Wildman–Crippen LogP) is 3.15. The van der Waals surface area contributed by atoms with Crippen LogP contribution in [0.2, 0.25) is 0 Å². The van der Waals surface area contributed by atoms with E-state index in [9.17, 15) is 19.2 Å². The molecule has 2 aliphatic carbocycles. The van der Waals surface area contributed by atoms with Gasteiger partial charge in [-0.1, -0.05) is 24.6 Å². The number of para-hydroxylation sites is 1. The van der Waals surface area contributed by atoms with Crippen molar-refractivity contribution >= 4 is 29.9 Å². The summed E-state index contributed by atoms with van der Waals surface area (Å²) in [4.78, 5) is 51.6. The Morgan fingerprint density at radius 1 is 1.10 bits per heavy atom. The molecule has 3 atom stereocenters. The molecule has 1 aromatic heterocycles. The van der Waals surface area contributed by atoms with Crippen LogP contribution in [0.15, 0.2) is 52.7 Å². The van der Waals surface area contributed by atoms with Crippen molar-refractivity contribution in [2.75, 3.05) is 0 Å². The molecule has 1 N–H and O–H groups in total. The Bertz CT molecular complexity index is 1100. The molecule has 0 radical (unpaired) electrons. The minimum absolute atomic E-state index is 0.0296. The monoisotopic (exact) mass is 420 g/mol. The standard InChI is InChI=1S/C23H20N2O6/c26-20-16(21(27)25(23(29)24-20)17-11-13-7-8-14(17)10-13)12-15-4-1-2-5-18(15)31-22(28)19-6-3-9-30-19/h1-6,9,12-14,17H,7-8,10-11H2,(H,24,26,29)/b16-12-/t13-,14-,17+/m0/s1. The third-order valence-electron chi connectivity index (χ3n) is 6.31. The molecule has 31 heavy (non-hydrogen) atoms. The van der Waals surface area contributed by atoms with Gasteiger partial charge < -0.3 is 9.15 Å². The third kappa shape index (κ3) is 3.43. The average molecular weight is 420 g/mol. The van der Waals surface area contributed by atoms with Crippen LogP contribution in [-0.2, 0) is 9.59 Å². The molecule has 8 heteroatoms. The first-order valence-corrected chi connectivity index (χ1v) is 10.3. The Morgan fingerprint density at radius 2 is 1.94 bits per heavy atom. The molecule has 0 spiro atoms. The first-order valence-electron chi connectivity index (χ1n) is 10.3. The molecule has 0 unspecified atom stereocenters. The Balaban J connectivity index is 1.44. The van der Waals surface area contributed by atoms with Gasteiger partial charge in [-0.3, -0.25) is 19.8 Å². The summed E-state index contributed by atoms with van der Waals surface area (Å²) >= 11 is 0. The van der Waals surface area contributed by atoms with Crippen LogP contribution in [-0.4, -0.2) is 34.8 Å². The van der Waals surface area contributed by atoms with Crippen molar-refractivity contribution in [3.63, 3.8) is 0 Å². The van der Waals surface area contributed by atoms with Crippen LogP contribution in [0, 0.1) is 11.8 Å². The maximum absolute atomic E-state index is 13.2. The van der Waals surface area contributed by atoms with E-state index in [1.807, 2.05) is 0 Å². The van der Waals surface area contributed by atoms with E-state index in [-0.39, 0.29) is 29.0 Å². The van der Waals surface area contributed by atoms with E-state index in [0.717, 1.165) is 25.7 Å². The third-order valence-corrected chi connectivity index (χ3v) is 6.31. The van der Waals surface area contributed by atoms with Gasteiger partial charge >= 0.3 is 12.0 Å². The SMILES string of the molecule is O=C1NC(=O)N([C@@H]2C[C@H]3CC[C@H]2C3)C(=O)/C1=C\c1ccccc1OC(=O)c1ccco1. The molecule has 1 aliphatic heterocycles. The molecular weight excluding hydrogens is 400 g/mol. The van der Waals surface area contributed by atoms with Crippen LogP contribution >= 0.6 is 0 Å². The number of urea groups is 1. The number of amides is 4. The maximum Gasteiger partial charge on any atom is 0.379 e. The number of hydrogen-bond acceptors (Lipinski definition) is 6. The highest BCUT2D eigenvalue weighted by Crippen LogP contribution is 2.47. The summed E-state index contributed by atoms with van der Waals surface area (Å²) in [5.74, 6) is -1.06. The number of rotatable bonds is 4. The van der Waals surface area contributed by atoms with Gasteiger partial charge in [-0.25, -0.2) is 9.59 Å². The number of furan rings is 1. The van der Waals surface area contributed by atoms with Crippen LogP contribution < -0.4 is 10.1 Å². The summed E-state index contributed by atoms with van der Waals surface area (Å²) < 4.78 is 10.4. The summed E-state index contributed by atoms with van der Waals surface area (Å²) in [6.07, 6.45) is 6.63. The van der Waals surface area contributed by atoms with Gasteiger partial charge in [0.05, 0.1) is 6.26 Å². The molecule has 2 aromatic rings. The lowest BCUT2D eigenvalue weighted by atomic mass is 9.93. The Kier molecular flexibility index (Phi) is 4.69. The van der Waals surface area contributed by atoms with Crippen LogP contribution in [0.5, 0.6) is 5.75 Å². The van der Waals surface area contributed by atoms with Gasteiger partial charge in [0, 0.05) is 11.6 Å². The first-order chi connectivity index (χ1) is 15.0. The van der Waals surface area contributed by atoms with Gasteiger partial charge in [-0.15, -0.1) is 0 Å². The largest absolute Gasteiger partial charge is 0.457 e. The number of nitrogens with zero attached hydrogens (tertiary/aromatic N) is 1. The lowest BCUT2D eigenvalue weighted by Gasteiger charge is -2.35. The second-order valence-corrected chi connectivity index (χ2v) is 8.14. The van der Waals surface area contributed by atoms with E-state index in [0.29, 0.717) is 11.5 Å². The number of barbiturate groups is 1. The molecule has 4 amide bonds. The quantitative estimate of drug-likeness (QED) is 0.353. The van der Waals surface area contributed by atoms with E-state index in [1.165, 1.54) is 23.3 Å². The van der Waals surface area contributed by atoms with E-state index in [1.54, 1.807) is 30.3 Å². The lowest BCUT2D eigenvalue weighted by Crippen LogP contribution is -2.58. The van der Waals surface area contributed by atoms with E-state index < -0.39 is 23.8 Å². The lowest BCUT2D eigenvalue weighted by molar-refractivity contribution is -0.132. The van der Waals surface area contributed by atoms with Gasteiger partial charge in [-0.2, -0.15) is 0 Å². The second kappa shape index (κ2) is 7.54. The maximum atomic E-state index is 13.2. The van der Waals surface area contributed by atoms with Gasteiger partial charge in [0.25, 0.3) is 11.8 Å². The molecule has 2 saturated carbocycles. The number of carbonyl (C=O) groups is 4. The fourth-order valence-electron chi connectivity index (χ4n) is 4.89. The predicted molar refractivity (Wildman–Crippen MR) is 108 cm³/mol. The number of carbonyl (C=O) groups excluding carboxylic acids is 4. The highest BCUT2D eigenvalue weighted by atomic mass is 16.5. The summed E-state index contributed by atoms with van der Waals surface area (Å²) in [5, 5.41) is 2.29. The number of hydrogen-bond donors (Lipinski definition) is 1. The Labute approximate surface area is 177 Å². The zero-order valence-electron chi connectivity index (χ0n) is 16.6. The summed E-state index contributed by atoms with van der Waals surface area (Å²) in [6, 6.07) is 8.73. The minimum atomic E-state index is -0.762. The van der Waals surface area contributed by atoms with E-state index in [2.05, 4.69) is 5.32 Å². The highest BCUT2D eigenvalue weighted by molar-refractivity contribution is 6.31. The molecule has 158 valence electrons. The zero-order valence-corrected chi connectivity index (χ0v) is 16.6. The van der Waals surface area contributed by atoms with Crippen LogP contribution in [0.4, 0.5) is 4.79 Å².